The second-order valence-corrected chi connectivity index (χ2v) is 5.90. The van der Waals surface area contributed by atoms with Crippen molar-refractivity contribution in [2.45, 2.75) is 39.3 Å². The fourth-order valence-electron chi connectivity index (χ4n) is 2.33. The highest BCUT2D eigenvalue weighted by molar-refractivity contribution is 9.10. The van der Waals surface area contributed by atoms with E-state index in [-0.39, 0.29) is 6.04 Å². The van der Waals surface area contributed by atoms with Crippen LogP contribution in [0.15, 0.2) is 35.1 Å². The number of hydrogen-bond acceptors (Lipinski definition) is 3. The summed E-state index contributed by atoms with van der Waals surface area (Å²) in [6, 6.07) is 8.89. The van der Waals surface area contributed by atoms with E-state index in [1.165, 1.54) is 5.56 Å². The highest BCUT2D eigenvalue weighted by Crippen LogP contribution is 2.26. The molecule has 0 aliphatic heterocycles. The highest BCUT2D eigenvalue weighted by Gasteiger charge is 2.18. The molecule has 1 unspecified atom stereocenters. The molecule has 0 bridgehead atoms. The van der Waals surface area contributed by atoms with Crippen LogP contribution in [-0.4, -0.2) is 21.3 Å². The summed E-state index contributed by atoms with van der Waals surface area (Å²) < 4.78 is 3.11. The lowest BCUT2D eigenvalue weighted by molar-refractivity contribution is 0.468. The summed E-state index contributed by atoms with van der Waals surface area (Å²) in [7, 11) is 0. The van der Waals surface area contributed by atoms with Gasteiger partial charge in [0.15, 0.2) is 0 Å². The Morgan fingerprint density at radius 3 is 2.70 bits per heavy atom. The van der Waals surface area contributed by atoms with E-state index < -0.39 is 0 Å². The fraction of sp³-hybridized carbons (Fsp3) is 0.467. The third kappa shape index (κ3) is 3.46. The van der Waals surface area contributed by atoms with Crippen LogP contribution >= 0.6 is 15.9 Å². The highest BCUT2D eigenvalue weighted by atomic mass is 79.9. The largest absolute Gasteiger partial charge is 0.310 e. The summed E-state index contributed by atoms with van der Waals surface area (Å²) in [4.78, 5) is 4.41. The first-order valence-electron chi connectivity index (χ1n) is 6.99. The minimum absolute atomic E-state index is 0.234. The molecule has 5 heteroatoms. The van der Waals surface area contributed by atoms with Gasteiger partial charge >= 0.3 is 0 Å². The van der Waals surface area contributed by atoms with Gasteiger partial charge in [0, 0.05) is 23.0 Å². The van der Waals surface area contributed by atoms with E-state index in [9.17, 15) is 0 Å². The number of halogens is 1. The molecule has 1 N–H and O–H groups in total. The van der Waals surface area contributed by atoms with Crippen molar-refractivity contribution >= 4 is 15.9 Å². The number of nitrogens with one attached hydrogen (secondary N) is 1. The Kier molecular flexibility index (Phi) is 5.31. The molecule has 0 fully saturated rings. The maximum atomic E-state index is 4.41. The molecular weight excluding hydrogens is 316 g/mol. The van der Waals surface area contributed by atoms with E-state index in [0.717, 1.165) is 23.3 Å². The molecule has 1 aromatic carbocycles. The zero-order valence-electron chi connectivity index (χ0n) is 12.2. The standard InChI is InChI=1S/C15H21BrN4/c1-4-17-14(12-7-5-6-8-13(12)16)9-15-18-10-19-20(15)11(2)3/h5-8,10-11,14,17H,4,9H2,1-3H3. The minimum atomic E-state index is 0.234. The summed E-state index contributed by atoms with van der Waals surface area (Å²) in [5.41, 5.74) is 1.26. The maximum Gasteiger partial charge on any atom is 0.138 e. The normalized spacial score (nSPS) is 12.8. The molecule has 108 valence electrons. The third-order valence-electron chi connectivity index (χ3n) is 3.25. The Hall–Kier alpha value is -1.20. The van der Waals surface area contributed by atoms with Gasteiger partial charge in [-0.2, -0.15) is 5.10 Å². The van der Waals surface area contributed by atoms with Crippen LogP contribution in [0.1, 0.15) is 44.2 Å². The first-order chi connectivity index (χ1) is 9.63. The molecule has 2 rings (SSSR count). The molecule has 0 saturated heterocycles. The Balaban J connectivity index is 2.26. The zero-order chi connectivity index (χ0) is 14.5. The topological polar surface area (TPSA) is 42.7 Å². The smallest absolute Gasteiger partial charge is 0.138 e. The third-order valence-corrected chi connectivity index (χ3v) is 3.98. The summed E-state index contributed by atoms with van der Waals surface area (Å²) in [5.74, 6) is 1.02. The lowest BCUT2D eigenvalue weighted by Gasteiger charge is -2.20. The van der Waals surface area contributed by atoms with Crippen molar-refractivity contribution in [3.8, 4) is 0 Å². The van der Waals surface area contributed by atoms with Crippen molar-refractivity contribution in [2.24, 2.45) is 0 Å². The predicted molar refractivity (Wildman–Crippen MR) is 84.7 cm³/mol. The van der Waals surface area contributed by atoms with Crippen LogP contribution in [0, 0.1) is 0 Å². The zero-order valence-corrected chi connectivity index (χ0v) is 13.8. The van der Waals surface area contributed by atoms with Crippen LogP contribution in [-0.2, 0) is 6.42 Å². The Labute approximate surface area is 128 Å². The second-order valence-electron chi connectivity index (χ2n) is 5.05. The monoisotopic (exact) mass is 336 g/mol. The van der Waals surface area contributed by atoms with Gasteiger partial charge in [-0.05, 0) is 32.0 Å². The second kappa shape index (κ2) is 6.99. The molecule has 4 nitrogen and oxygen atoms in total. The molecule has 0 saturated carbocycles. The molecule has 0 amide bonds. The van der Waals surface area contributed by atoms with E-state index in [1.807, 2.05) is 10.7 Å². The Morgan fingerprint density at radius 2 is 2.05 bits per heavy atom. The van der Waals surface area contributed by atoms with Gasteiger partial charge in [0.2, 0.25) is 0 Å². The lowest BCUT2D eigenvalue weighted by atomic mass is 10.0. The minimum Gasteiger partial charge on any atom is -0.310 e. The molecule has 1 atom stereocenters. The van der Waals surface area contributed by atoms with Crippen molar-refractivity contribution < 1.29 is 0 Å². The van der Waals surface area contributed by atoms with Gasteiger partial charge in [0.1, 0.15) is 12.2 Å². The van der Waals surface area contributed by atoms with Gasteiger partial charge in [0.25, 0.3) is 0 Å². The van der Waals surface area contributed by atoms with Crippen LogP contribution in [0.2, 0.25) is 0 Å². The lowest BCUT2D eigenvalue weighted by Crippen LogP contribution is -2.25. The van der Waals surface area contributed by atoms with E-state index in [4.69, 9.17) is 0 Å². The van der Waals surface area contributed by atoms with Crippen molar-refractivity contribution in [2.75, 3.05) is 6.54 Å². The molecule has 1 heterocycles. The van der Waals surface area contributed by atoms with Gasteiger partial charge in [-0.1, -0.05) is 41.1 Å². The maximum absolute atomic E-state index is 4.41. The van der Waals surface area contributed by atoms with Gasteiger partial charge in [-0.3, -0.25) is 0 Å². The first kappa shape index (κ1) is 15.2. The van der Waals surface area contributed by atoms with Crippen molar-refractivity contribution in [3.63, 3.8) is 0 Å². The van der Waals surface area contributed by atoms with Gasteiger partial charge in [-0.15, -0.1) is 0 Å². The quantitative estimate of drug-likeness (QED) is 0.877. The van der Waals surface area contributed by atoms with Gasteiger partial charge < -0.3 is 5.32 Å². The average molecular weight is 337 g/mol. The number of hydrogen-bond donors (Lipinski definition) is 1. The van der Waals surface area contributed by atoms with E-state index >= 15 is 0 Å². The number of likely N-dealkylation sites (N-methyl/N-ethyl adjacent to an activating group) is 1. The number of aromatic nitrogens is 3. The number of nitrogens with zero attached hydrogens (tertiary/aromatic N) is 3. The average Bonchev–Trinajstić information content (AvgIpc) is 2.87. The molecule has 20 heavy (non-hydrogen) atoms. The summed E-state index contributed by atoms with van der Waals surface area (Å²) in [5, 5.41) is 7.84. The first-order valence-corrected chi connectivity index (χ1v) is 7.79. The van der Waals surface area contributed by atoms with Crippen molar-refractivity contribution in [1.29, 1.82) is 0 Å². The van der Waals surface area contributed by atoms with E-state index in [0.29, 0.717) is 6.04 Å². The van der Waals surface area contributed by atoms with Crippen molar-refractivity contribution in [1.82, 2.24) is 20.1 Å². The molecular formula is C15H21BrN4. The van der Waals surface area contributed by atoms with Crippen LogP contribution in [0.25, 0.3) is 0 Å². The fourth-order valence-corrected chi connectivity index (χ4v) is 2.89. The van der Waals surface area contributed by atoms with E-state index in [2.05, 4.69) is 70.3 Å². The number of benzene rings is 1. The van der Waals surface area contributed by atoms with Crippen LogP contribution < -0.4 is 5.32 Å². The summed E-state index contributed by atoms with van der Waals surface area (Å²) in [6.45, 7) is 7.29. The Bertz CT molecular complexity index is 550. The van der Waals surface area contributed by atoms with Crippen LogP contribution in [0.5, 0.6) is 0 Å². The van der Waals surface area contributed by atoms with Crippen LogP contribution in [0.4, 0.5) is 0 Å². The Morgan fingerprint density at radius 1 is 1.30 bits per heavy atom. The molecule has 0 aliphatic rings. The van der Waals surface area contributed by atoms with Gasteiger partial charge in [-0.25, -0.2) is 9.67 Å². The molecule has 0 spiro atoms. The summed E-state index contributed by atoms with van der Waals surface area (Å²) >= 11 is 3.64. The van der Waals surface area contributed by atoms with Gasteiger partial charge in [0.05, 0.1) is 0 Å². The van der Waals surface area contributed by atoms with Crippen LogP contribution in [0.3, 0.4) is 0 Å². The molecule has 1 aromatic heterocycles. The molecule has 2 aromatic rings. The van der Waals surface area contributed by atoms with Crippen molar-refractivity contribution in [3.05, 3.63) is 46.5 Å². The number of rotatable bonds is 6. The molecule has 0 radical (unpaired) electrons. The predicted octanol–water partition coefficient (Wildman–Crippen LogP) is 3.51. The summed E-state index contributed by atoms with van der Waals surface area (Å²) in [6.07, 6.45) is 2.47. The van der Waals surface area contributed by atoms with E-state index in [1.54, 1.807) is 6.33 Å². The SMILES string of the molecule is CCNC(Cc1ncnn1C(C)C)c1ccccc1Br. The molecule has 0 aliphatic carbocycles.